The van der Waals surface area contributed by atoms with Crippen LogP contribution in [0.2, 0.25) is 0 Å². The first kappa shape index (κ1) is 18.3. The fourth-order valence-electron chi connectivity index (χ4n) is 4.25. The molecule has 27 heavy (non-hydrogen) atoms. The lowest BCUT2D eigenvalue weighted by molar-refractivity contribution is 0.0443. The van der Waals surface area contributed by atoms with Crippen molar-refractivity contribution >= 4 is 5.91 Å². The number of ether oxygens (including phenoxy) is 1. The van der Waals surface area contributed by atoms with Gasteiger partial charge in [0.25, 0.3) is 5.91 Å². The summed E-state index contributed by atoms with van der Waals surface area (Å²) < 4.78 is 9.49. The minimum Gasteiger partial charge on any atom is -0.381 e. The van der Waals surface area contributed by atoms with Crippen LogP contribution in [-0.2, 0) is 18.3 Å². The standard InChI is InChI=1S/C20H29N5O2/c1-23-10-2-3-19(23)20(26)21-8-4-17-14-24(13-16-6-11-27-12-7-16)15-18-5-9-22-25(17)18/h2-3,5,9-10,16-17H,4,6-8,11-15H2,1H3,(H,21,26)/t17-/m0/s1. The average molecular weight is 371 g/mol. The molecule has 1 saturated heterocycles. The van der Waals surface area contributed by atoms with Crippen molar-refractivity contribution in [1.29, 1.82) is 0 Å². The first-order valence-corrected chi connectivity index (χ1v) is 9.92. The van der Waals surface area contributed by atoms with Crippen LogP contribution in [0.4, 0.5) is 0 Å². The molecule has 2 aromatic heterocycles. The molecule has 7 nitrogen and oxygen atoms in total. The number of carbonyl (C=O) groups excluding carboxylic acids is 1. The minimum absolute atomic E-state index is 0.0157. The molecule has 2 aromatic rings. The van der Waals surface area contributed by atoms with E-state index in [1.807, 2.05) is 36.1 Å². The summed E-state index contributed by atoms with van der Waals surface area (Å²) in [6.07, 6.45) is 6.98. The zero-order valence-corrected chi connectivity index (χ0v) is 16.0. The van der Waals surface area contributed by atoms with Gasteiger partial charge in [0.15, 0.2) is 0 Å². The Kier molecular flexibility index (Phi) is 5.59. The lowest BCUT2D eigenvalue weighted by Crippen LogP contribution is -2.42. The molecule has 2 aliphatic heterocycles. The lowest BCUT2D eigenvalue weighted by Gasteiger charge is -2.36. The number of nitrogens with zero attached hydrogens (tertiary/aromatic N) is 4. The fourth-order valence-corrected chi connectivity index (χ4v) is 4.25. The molecule has 0 spiro atoms. The van der Waals surface area contributed by atoms with Crippen molar-refractivity contribution < 1.29 is 9.53 Å². The predicted molar refractivity (Wildman–Crippen MR) is 102 cm³/mol. The fraction of sp³-hybridized carbons (Fsp3) is 0.600. The summed E-state index contributed by atoms with van der Waals surface area (Å²) in [6, 6.07) is 6.15. The van der Waals surface area contributed by atoms with Gasteiger partial charge in [-0.2, -0.15) is 5.10 Å². The number of hydrogen-bond acceptors (Lipinski definition) is 4. The van der Waals surface area contributed by atoms with Crippen LogP contribution in [-0.4, -0.2) is 58.0 Å². The summed E-state index contributed by atoms with van der Waals surface area (Å²) in [4.78, 5) is 14.9. The van der Waals surface area contributed by atoms with E-state index in [0.717, 1.165) is 58.0 Å². The molecule has 1 amide bonds. The van der Waals surface area contributed by atoms with Gasteiger partial charge in [0.05, 0.1) is 11.7 Å². The van der Waals surface area contributed by atoms with E-state index in [-0.39, 0.29) is 5.91 Å². The summed E-state index contributed by atoms with van der Waals surface area (Å²) in [5, 5.41) is 7.59. The number of aryl methyl sites for hydroxylation is 1. The number of fused-ring (bicyclic) bond motifs is 1. The first-order valence-electron chi connectivity index (χ1n) is 9.92. The maximum atomic E-state index is 12.3. The van der Waals surface area contributed by atoms with Crippen molar-refractivity contribution in [3.05, 3.63) is 42.0 Å². The second-order valence-electron chi connectivity index (χ2n) is 7.72. The van der Waals surface area contributed by atoms with Crippen LogP contribution < -0.4 is 5.32 Å². The van der Waals surface area contributed by atoms with Crippen LogP contribution in [0.5, 0.6) is 0 Å². The van der Waals surface area contributed by atoms with E-state index in [4.69, 9.17) is 4.74 Å². The largest absolute Gasteiger partial charge is 0.381 e. The zero-order chi connectivity index (χ0) is 18.6. The Morgan fingerprint density at radius 3 is 2.96 bits per heavy atom. The minimum atomic E-state index is -0.0157. The maximum Gasteiger partial charge on any atom is 0.267 e. The smallest absolute Gasteiger partial charge is 0.267 e. The molecule has 0 unspecified atom stereocenters. The number of carbonyl (C=O) groups is 1. The van der Waals surface area contributed by atoms with Gasteiger partial charge < -0.3 is 14.6 Å². The van der Waals surface area contributed by atoms with Gasteiger partial charge in [-0.05, 0) is 43.4 Å². The lowest BCUT2D eigenvalue weighted by atomic mass is 9.98. The Bertz CT molecular complexity index is 762. The summed E-state index contributed by atoms with van der Waals surface area (Å²) in [5.74, 6) is 0.712. The molecule has 7 heteroatoms. The quantitative estimate of drug-likeness (QED) is 0.841. The predicted octanol–water partition coefficient (Wildman–Crippen LogP) is 1.82. The molecule has 4 rings (SSSR count). The monoisotopic (exact) mass is 371 g/mol. The van der Waals surface area contributed by atoms with Gasteiger partial charge in [-0.25, -0.2) is 0 Å². The van der Waals surface area contributed by atoms with E-state index in [9.17, 15) is 4.79 Å². The van der Waals surface area contributed by atoms with Gasteiger partial charge in [0.2, 0.25) is 0 Å². The molecule has 1 atom stereocenters. The van der Waals surface area contributed by atoms with Crippen LogP contribution in [0.25, 0.3) is 0 Å². The maximum absolute atomic E-state index is 12.3. The molecule has 146 valence electrons. The number of amides is 1. The molecule has 0 radical (unpaired) electrons. The molecule has 1 fully saturated rings. The molecule has 1 N–H and O–H groups in total. The third-order valence-corrected chi connectivity index (χ3v) is 5.75. The molecule has 4 heterocycles. The van der Waals surface area contributed by atoms with Crippen molar-refractivity contribution in [2.24, 2.45) is 13.0 Å². The van der Waals surface area contributed by atoms with Crippen LogP contribution in [0.1, 0.15) is 41.5 Å². The van der Waals surface area contributed by atoms with Crippen molar-refractivity contribution in [3.63, 3.8) is 0 Å². The SMILES string of the molecule is Cn1cccc1C(=O)NCC[C@H]1CN(CC2CCOCC2)Cc2ccnn21. The van der Waals surface area contributed by atoms with Crippen LogP contribution in [0, 0.1) is 5.92 Å². The Morgan fingerprint density at radius 2 is 2.19 bits per heavy atom. The van der Waals surface area contributed by atoms with Gasteiger partial charge in [0.1, 0.15) is 5.69 Å². The van der Waals surface area contributed by atoms with Gasteiger partial charge in [0, 0.05) is 58.8 Å². The second kappa shape index (κ2) is 8.27. The normalized spacial score (nSPS) is 21.1. The van der Waals surface area contributed by atoms with Gasteiger partial charge in [-0.3, -0.25) is 14.4 Å². The third-order valence-electron chi connectivity index (χ3n) is 5.75. The van der Waals surface area contributed by atoms with Crippen LogP contribution in [0.15, 0.2) is 30.6 Å². The number of rotatable bonds is 6. The highest BCUT2D eigenvalue weighted by Gasteiger charge is 2.27. The van der Waals surface area contributed by atoms with Gasteiger partial charge in [-0.15, -0.1) is 0 Å². The highest BCUT2D eigenvalue weighted by atomic mass is 16.5. The molecule has 2 aliphatic rings. The van der Waals surface area contributed by atoms with Crippen molar-refractivity contribution in [3.8, 4) is 0 Å². The van der Waals surface area contributed by atoms with Gasteiger partial charge >= 0.3 is 0 Å². The number of aromatic nitrogens is 3. The molecule has 0 saturated carbocycles. The highest BCUT2D eigenvalue weighted by molar-refractivity contribution is 5.92. The van der Waals surface area contributed by atoms with Crippen LogP contribution in [0.3, 0.4) is 0 Å². The molecule has 0 aromatic carbocycles. The van der Waals surface area contributed by atoms with E-state index >= 15 is 0 Å². The molecular formula is C20H29N5O2. The molecule has 0 aliphatic carbocycles. The highest BCUT2D eigenvalue weighted by Crippen LogP contribution is 2.25. The van der Waals surface area contributed by atoms with Crippen molar-refractivity contribution in [2.75, 3.05) is 32.8 Å². The first-order chi connectivity index (χ1) is 13.2. The second-order valence-corrected chi connectivity index (χ2v) is 7.72. The number of hydrogen-bond donors (Lipinski definition) is 1. The van der Waals surface area contributed by atoms with E-state index in [1.165, 1.54) is 5.69 Å². The Morgan fingerprint density at radius 1 is 1.33 bits per heavy atom. The van der Waals surface area contributed by atoms with Gasteiger partial charge in [-0.1, -0.05) is 0 Å². The summed E-state index contributed by atoms with van der Waals surface area (Å²) in [6.45, 7) is 5.52. The summed E-state index contributed by atoms with van der Waals surface area (Å²) >= 11 is 0. The van der Waals surface area contributed by atoms with Crippen LogP contribution >= 0.6 is 0 Å². The zero-order valence-electron chi connectivity index (χ0n) is 16.0. The molecular weight excluding hydrogens is 342 g/mol. The number of nitrogens with one attached hydrogen (secondary N) is 1. The van der Waals surface area contributed by atoms with Crippen molar-refractivity contribution in [2.45, 2.75) is 31.8 Å². The van der Waals surface area contributed by atoms with E-state index in [2.05, 4.69) is 26.1 Å². The summed E-state index contributed by atoms with van der Waals surface area (Å²) in [5.41, 5.74) is 1.96. The Hall–Kier alpha value is -2.12. The summed E-state index contributed by atoms with van der Waals surface area (Å²) in [7, 11) is 1.89. The Balaban J connectivity index is 1.33. The Labute approximate surface area is 160 Å². The average Bonchev–Trinajstić information content (AvgIpc) is 3.31. The van der Waals surface area contributed by atoms with E-state index in [1.54, 1.807) is 0 Å². The molecule has 0 bridgehead atoms. The third kappa shape index (κ3) is 4.25. The van der Waals surface area contributed by atoms with E-state index < -0.39 is 0 Å². The van der Waals surface area contributed by atoms with Crippen molar-refractivity contribution in [1.82, 2.24) is 24.6 Å². The topological polar surface area (TPSA) is 64.3 Å². The van der Waals surface area contributed by atoms with E-state index in [0.29, 0.717) is 18.3 Å².